The molecule has 2 aromatic rings. The summed E-state index contributed by atoms with van der Waals surface area (Å²) in [6, 6.07) is 12.8. The summed E-state index contributed by atoms with van der Waals surface area (Å²) in [6.07, 6.45) is 4.27. The van der Waals surface area contributed by atoms with Crippen LogP contribution in [-0.4, -0.2) is 48.1 Å². The molecule has 172 valence electrons. The second kappa shape index (κ2) is 10.7. The van der Waals surface area contributed by atoms with Crippen molar-refractivity contribution in [1.82, 2.24) is 9.21 Å². The molecule has 0 saturated heterocycles. The van der Waals surface area contributed by atoms with Crippen molar-refractivity contribution in [2.75, 3.05) is 19.6 Å². The topological polar surface area (TPSA) is 101 Å². The largest absolute Gasteiger partial charge is 0.337 e. The molecule has 2 aromatic carbocycles. The Morgan fingerprint density at radius 3 is 2.41 bits per heavy atom. The van der Waals surface area contributed by atoms with Crippen LogP contribution < -0.4 is 0 Å². The first-order chi connectivity index (χ1) is 15.3. The van der Waals surface area contributed by atoms with Crippen molar-refractivity contribution in [3.8, 4) is 0 Å². The summed E-state index contributed by atoms with van der Waals surface area (Å²) in [6.45, 7) is 3.08. The van der Waals surface area contributed by atoms with Crippen LogP contribution in [0.3, 0.4) is 0 Å². The summed E-state index contributed by atoms with van der Waals surface area (Å²) in [5.74, 6) is -0.236. The fourth-order valence-corrected chi connectivity index (χ4v) is 5.28. The second-order valence-corrected chi connectivity index (χ2v) is 9.92. The predicted molar refractivity (Wildman–Crippen MR) is 122 cm³/mol. The molecule has 0 fully saturated rings. The molecule has 0 spiro atoms. The highest BCUT2D eigenvalue weighted by atomic mass is 32.2. The average Bonchev–Trinajstić information content (AvgIpc) is 2.80. The Morgan fingerprint density at radius 1 is 1.06 bits per heavy atom. The number of carbonyl (C=O) groups excluding carboxylic acids is 1. The highest BCUT2D eigenvalue weighted by molar-refractivity contribution is 7.89. The number of non-ortho nitro benzene ring substituents is 1. The Hall–Kier alpha value is -2.78. The summed E-state index contributed by atoms with van der Waals surface area (Å²) < 4.78 is 27.8. The van der Waals surface area contributed by atoms with Gasteiger partial charge in [-0.2, -0.15) is 4.31 Å². The van der Waals surface area contributed by atoms with Crippen molar-refractivity contribution in [2.45, 2.75) is 50.5 Å². The quantitative estimate of drug-likeness (QED) is 0.306. The fourth-order valence-electron chi connectivity index (χ4n) is 3.85. The van der Waals surface area contributed by atoms with Crippen molar-refractivity contribution in [2.24, 2.45) is 0 Å². The maximum atomic E-state index is 13.3. The first-order valence-electron chi connectivity index (χ1n) is 10.9. The molecule has 8 nitrogen and oxygen atoms in total. The molecule has 0 saturated carbocycles. The molecule has 0 aromatic heterocycles. The van der Waals surface area contributed by atoms with Gasteiger partial charge in [0.05, 0.1) is 16.4 Å². The number of fused-ring (bicyclic) bond motifs is 1. The molecule has 9 heteroatoms. The van der Waals surface area contributed by atoms with Gasteiger partial charge >= 0.3 is 0 Å². The second-order valence-electron chi connectivity index (χ2n) is 7.98. The van der Waals surface area contributed by atoms with Crippen LogP contribution >= 0.6 is 0 Å². The highest BCUT2D eigenvalue weighted by Gasteiger charge is 2.29. The third-order valence-electron chi connectivity index (χ3n) is 5.74. The summed E-state index contributed by atoms with van der Waals surface area (Å²) >= 11 is 0. The molecule has 0 radical (unpaired) electrons. The van der Waals surface area contributed by atoms with Crippen LogP contribution in [0.15, 0.2) is 53.4 Å². The van der Waals surface area contributed by atoms with Gasteiger partial charge in [0.2, 0.25) is 15.9 Å². The normalized spacial score (nSPS) is 13.8. The van der Waals surface area contributed by atoms with Gasteiger partial charge in [-0.15, -0.1) is 0 Å². The van der Waals surface area contributed by atoms with Gasteiger partial charge in [-0.05, 0) is 36.1 Å². The van der Waals surface area contributed by atoms with Crippen LogP contribution in [0.5, 0.6) is 0 Å². The van der Waals surface area contributed by atoms with E-state index >= 15 is 0 Å². The van der Waals surface area contributed by atoms with E-state index in [1.807, 2.05) is 18.2 Å². The minimum absolute atomic E-state index is 0.0459. The molecular weight excluding hydrogens is 430 g/mol. The van der Waals surface area contributed by atoms with E-state index in [0.717, 1.165) is 31.2 Å². The molecule has 32 heavy (non-hydrogen) atoms. The molecule has 1 amide bonds. The molecule has 0 aliphatic carbocycles. The number of nitrogens with zero attached hydrogens (tertiary/aromatic N) is 3. The predicted octanol–water partition coefficient (Wildman–Crippen LogP) is 3.75. The smallest absolute Gasteiger partial charge is 0.269 e. The lowest BCUT2D eigenvalue weighted by Crippen LogP contribution is -2.44. The summed E-state index contributed by atoms with van der Waals surface area (Å²) in [7, 11) is -3.96. The van der Waals surface area contributed by atoms with Crippen LogP contribution in [-0.2, 0) is 27.8 Å². The van der Waals surface area contributed by atoms with Crippen LogP contribution in [0.4, 0.5) is 5.69 Å². The zero-order valence-electron chi connectivity index (χ0n) is 18.3. The number of carbonyl (C=O) groups is 1. The Bertz CT molecular complexity index is 1050. The molecule has 1 aliphatic rings. The van der Waals surface area contributed by atoms with Crippen LogP contribution in [0, 0.1) is 10.1 Å². The van der Waals surface area contributed by atoms with Crippen molar-refractivity contribution < 1.29 is 18.1 Å². The third kappa shape index (κ3) is 5.72. The van der Waals surface area contributed by atoms with Crippen LogP contribution in [0.25, 0.3) is 0 Å². The lowest BCUT2D eigenvalue weighted by Gasteiger charge is -2.31. The zero-order valence-corrected chi connectivity index (χ0v) is 19.1. The summed E-state index contributed by atoms with van der Waals surface area (Å²) in [4.78, 5) is 25.0. The number of hydrogen-bond donors (Lipinski definition) is 0. The van der Waals surface area contributed by atoms with Gasteiger partial charge in [0, 0.05) is 31.8 Å². The number of unbranched alkanes of at least 4 members (excludes halogenated alkanes) is 3. The van der Waals surface area contributed by atoms with Crippen molar-refractivity contribution in [1.29, 1.82) is 0 Å². The number of benzene rings is 2. The van der Waals surface area contributed by atoms with E-state index in [1.54, 1.807) is 4.90 Å². The van der Waals surface area contributed by atoms with E-state index in [4.69, 9.17) is 0 Å². The molecule has 0 N–H and O–H groups in total. The van der Waals surface area contributed by atoms with Crippen molar-refractivity contribution >= 4 is 21.6 Å². The standard InChI is InChI=1S/C23H29N3O5S/c1-2-3-4-7-15-25(32(30,31)22-12-10-21(11-13-22)26(28)29)18-23(27)24-16-14-19-8-5-6-9-20(19)17-24/h5-6,8-13H,2-4,7,14-18H2,1H3. The number of sulfonamides is 1. The first-order valence-corrected chi connectivity index (χ1v) is 12.4. The van der Waals surface area contributed by atoms with Crippen molar-refractivity contribution in [3.05, 3.63) is 69.8 Å². The van der Waals surface area contributed by atoms with E-state index in [2.05, 4.69) is 13.0 Å². The summed E-state index contributed by atoms with van der Waals surface area (Å²) in [5, 5.41) is 10.9. The number of nitro groups is 1. The monoisotopic (exact) mass is 459 g/mol. The lowest BCUT2D eigenvalue weighted by molar-refractivity contribution is -0.384. The van der Waals surface area contributed by atoms with Gasteiger partial charge in [-0.1, -0.05) is 50.5 Å². The van der Waals surface area contributed by atoms with Gasteiger partial charge in [0.15, 0.2) is 0 Å². The van der Waals surface area contributed by atoms with Crippen LogP contribution in [0.1, 0.15) is 43.7 Å². The molecule has 1 heterocycles. The SMILES string of the molecule is CCCCCCN(CC(=O)N1CCc2ccccc2C1)S(=O)(=O)c1ccc([N+](=O)[O-])cc1. The van der Waals surface area contributed by atoms with Gasteiger partial charge < -0.3 is 4.90 Å². The number of nitro benzene ring substituents is 1. The number of amides is 1. The Morgan fingerprint density at radius 2 is 1.75 bits per heavy atom. The van der Waals surface area contributed by atoms with Gasteiger partial charge in [-0.3, -0.25) is 14.9 Å². The third-order valence-corrected chi connectivity index (χ3v) is 7.60. The highest BCUT2D eigenvalue weighted by Crippen LogP contribution is 2.22. The number of hydrogen-bond acceptors (Lipinski definition) is 5. The lowest BCUT2D eigenvalue weighted by atomic mass is 10.00. The molecule has 0 unspecified atom stereocenters. The number of rotatable bonds is 10. The Labute approximate surface area is 189 Å². The van der Waals surface area contributed by atoms with E-state index in [9.17, 15) is 23.3 Å². The van der Waals surface area contributed by atoms with E-state index in [0.29, 0.717) is 19.5 Å². The molecule has 1 aliphatic heterocycles. The average molecular weight is 460 g/mol. The minimum atomic E-state index is -3.96. The molecule has 3 rings (SSSR count). The first kappa shape index (κ1) is 23.9. The zero-order chi connectivity index (χ0) is 23.1. The Kier molecular flexibility index (Phi) is 7.98. The van der Waals surface area contributed by atoms with Crippen LogP contribution in [0.2, 0.25) is 0 Å². The molecule has 0 atom stereocenters. The van der Waals surface area contributed by atoms with Crippen molar-refractivity contribution in [3.63, 3.8) is 0 Å². The maximum Gasteiger partial charge on any atom is 0.269 e. The Balaban J connectivity index is 1.77. The van der Waals surface area contributed by atoms with E-state index in [1.165, 1.54) is 34.1 Å². The molecule has 0 bridgehead atoms. The van der Waals surface area contributed by atoms with Gasteiger partial charge in [0.1, 0.15) is 0 Å². The van der Waals surface area contributed by atoms with Gasteiger partial charge in [0.25, 0.3) is 5.69 Å². The minimum Gasteiger partial charge on any atom is -0.337 e. The van der Waals surface area contributed by atoms with Gasteiger partial charge in [-0.25, -0.2) is 8.42 Å². The van der Waals surface area contributed by atoms with E-state index in [-0.39, 0.29) is 29.6 Å². The van der Waals surface area contributed by atoms with E-state index < -0.39 is 14.9 Å². The maximum absolute atomic E-state index is 13.3. The fraction of sp³-hybridized carbons (Fsp3) is 0.435. The molecular formula is C23H29N3O5S. The summed E-state index contributed by atoms with van der Waals surface area (Å²) in [5.41, 5.74) is 2.12.